The Morgan fingerprint density at radius 1 is 1.00 bits per heavy atom. The van der Waals surface area contributed by atoms with E-state index < -0.39 is 0 Å². The van der Waals surface area contributed by atoms with Crippen molar-refractivity contribution in [3.63, 3.8) is 0 Å². The molecule has 0 aliphatic rings. The number of rotatable bonds is 8. The Bertz CT molecular complexity index is 902. The third-order valence-electron chi connectivity index (χ3n) is 3.85. The first-order valence-corrected chi connectivity index (χ1v) is 9.06. The number of nitrogens with zero attached hydrogens (tertiary/aromatic N) is 2. The average molecular weight is 381 g/mol. The minimum atomic E-state index is -0.352. The standard InChI is InChI=1S/C21H23N3O4/c1-14(2)12-26-18-10-6-16(7-11-18)20-21(24-28-23-20)22-19(25)13-27-17-8-4-15(3)5-9-17/h4-11,14H,12-13H2,1-3H3,(H,22,24,25). The van der Waals surface area contributed by atoms with E-state index in [4.69, 9.17) is 14.1 Å². The van der Waals surface area contributed by atoms with Crippen LogP contribution in [0.2, 0.25) is 0 Å². The highest BCUT2D eigenvalue weighted by Gasteiger charge is 2.15. The molecule has 2 aromatic carbocycles. The summed E-state index contributed by atoms with van der Waals surface area (Å²) in [6.07, 6.45) is 0. The summed E-state index contributed by atoms with van der Waals surface area (Å²) in [6, 6.07) is 14.8. The molecule has 1 N–H and O–H groups in total. The van der Waals surface area contributed by atoms with E-state index >= 15 is 0 Å². The van der Waals surface area contributed by atoms with Crippen molar-refractivity contribution in [3.05, 3.63) is 54.1 Å². The van der Waals surface area contributed by atoms with Crippen LogP contribution in [-0.4, -0.2) is 29.4 Å². The minimum absolute atomic E-state index is 0.142. The van der Waals surface area contributed by atoms with E-state index in [1.54, 1.807) is 0 Å². The van der Waals surface area contributed by atoms with Crippen LogP contribution in [0.15, 0.2) is 53.2 Å². The molecule has 1 amide bonds. The van der Waals surface area contributed by atoms with Gasteiger partial charge >= 0.3 is 0 Å². The lowest BCUT2D eigenvalue weighted by atomic mass is 10.1. The number of hydrogen-bond acceptors (Lipinski definition) is 6. The molecule has 28 heavy (non-hydrogen) atoms. The summed E-state index contributed by atoms with van der Waals surface area (Å²) in [5.41, 5.74) is 2.32. The molecule has 0 saturated heterocycles. The van der Waals surface area contributed by atoms with E-state index in [1.807, 2.05) is 55.5 Å². The predicted molar refractivity (Wildman–Crippen MR) is 105 cm³/mol. The second-order valence-electron chi connectivity index (χ2n) is 6.84. The first-order valence-electron chi connectivity index (χ1n) is 9.06. The SMILES string of the molecule is Cc1ccc(OCC(=O)Nc2nonc2-c2ccc(OCC(C)C)cc2)cc1. The van der Waals surface area contributed by atoms with Gasteiger partial charge in [-0.3, -0.25) is 4.79 Å². The molecular formula is C21H23N3O4. The van der Waals surface area contributed by atoms with E-state index in [0.29, 0.717) is 24.0 Å². The van der Waals surface area contributed by atoms with Gasteiger partial charge in [0.15, 0.2) is 12.3 Å². The Morgan fingerprint density at radius 2 is 1.64 bits per heavy atom. The molecular weight excluding hydrogens is 358 g/mol. The fourth-order valence-electron chi connectivity index (χ4n) is 2.38. The van der Waals surface area contributed by atoms with Crippen LogP contribution in [0, 0.1) is 12.8 Å². The molecule has 0 unspecified atom stereocenters. The maximum absolute atomic E-state index is 12.2. The fraction of sp³-hybridized carbons (Fsp3) is 0.286. The monoisotopic (exact) mass is 381 g/mol. The topological polar surface area (TPSA) is 86.5 Å². The number of aromatic nitrogens is 2. The minimum Gasteiger partial charge on any atom is -0.493 e. The Balaban J connectivity index is 1.60. The van der Waals surface area contributed by atoms with Crippen molar-refractivity contribution in [2.24, 2.45) is 5.92 Å². The molecule has 7 nitrogen and oxygen atoms in total. The summed E-state index contributed by atoms with van der Waals surface area (Å²) in [5, 5.41) is 10.3. The van der Waals surface area contributed by atoms with E-state index in [0.717, 1.165) is 16.9 Å². The number of aryl methyl sites for hydroxylation is 1. The molecule has 1 heterocycles. The maximum atomic E-state index is 12.2. The van der Waals surface area contributed by atoms with Gasteiger partial charge in [0.25, 0.3) is 5.91 Å². The Labute approximate surface area is 163 Å². The third-order valence-corrected chi connectivity index (χ3v) is 3.85. The summed E-state index contributed by atoms with van der Waals surface area (Å²) in [6.45, 7) is 6.67. The highest BCUT2D eigenvalue weighted by molar-refractivity contribution is 5.94. The summed E-state index contributed by atoms with van der Waals surface area (Å²) in [5.74, 6) is 1.73. The van der Waals surface area contributed by atoms with Gasteiger partial charge < -0.3 is 14.8 Å². The second kappa shape index (κ2) is 9.03. The van der Waals surface area contributed by atoms with Crippen LogP contribution in [0.4, 0.5) is 5.82 Å². The number of carbonyl (C=O) groups is 1. The van der Waals surface area contributed by atoms with Crippen molar-refractivity contribution in [2.45, 2.75) is 20.8 Å². The predicted octanol–water partition coefficient (Wildman–Crippen LogP) is 4.10. The van der Waals surface area contributed by atoms with Crippen molar-refractivity contribution >= 4 is 11.7 Å². The Morgan fingerprint density at radius 3 is 2.32 bits per heavy atom. The number of anilines is 1. The maximum Gasteiger partial charge on any atom is 0.263 e. The lowest BCUT2D eigenvalue weighted by molar-refractivity contribution is -0.118. The normalized spacial score (nSPS) is 10.7. The van der Waals surface area contributed by atoms with Crippen LogP contribution in [0.3, 0.4) is 0 Å². The van der Waals surface area contributed by atoms with Crippen molar-refractivity contribution in [3.8, 4) is 22.8 Å². The molecule has 0 bridgehead atoms. The molecule has 146 valence electrons. The summed E-state index contributed by atoms with van der Waals surface area (Å²) < 4.78 is 15.9. The molecule has 0 aliphatic carbocycles. The van der Waals surface area contributed by atoms with Gasteiger partial charge in [-0.2, -0.15) is 0 Å². The molecule has 0 fully saturated rings. The Hall–Kier alpha value is -3.35. The van der Waals surface area contributed by atoms with Crippen LogP contribution >= 0.6 is 0 Å². The van der Waals surface area contributed by atoms with Crippen molar-refractivity contribution in [1.82, 2.24) is 10.3 Å². The van der Waals surface area contributed by atoms with Crippen LogP contribution in [0.25, 0.3) is 11.3 Å². The largest absolute Gasteiger partial charge is 0.493 e. The number of nitrogens with one attached hydrogen (secondary N) is 1. The molecule has 3 aromatic rings. The molecule has 0 atom stereocenters. The number of amides is 1. The molecule has 1 aromatic heterocycles. The lowest BCUT2D eigenvalue weighted by Gasteiger charge is -2.09. The number of hydrogen-bond donors (Lipinski definition) is 1. The van der Waals surface area contributed by atoms with Gasteiger partial charge in [0.05, 0.1) is 6.61 Å². The first-order chi connectivity index (χ1) is 13.5. The van der Waals surface area contributed by atoms with Gasteiger partial charge in [0.1, 0.15) is 11.5 Å². The fourth-order valence-corrected chi connectivity index (χ4v) is 2.38. The molecule has 0 spiro atoms. The van der Waals surface area contributed by atoms with Crippen LogP contribution in [-0.2, 0) is 4.79 Å². The molecule has 3 rings (SSSR count). The quantitative estimate of drug-likeness (QED) is 0.632. The summed E-state index contributed by atoms with van der Waals surface area (Å²) in [7, 11) is 0. The summed E-state index contributed by atoms with van der Waals surface area (Å²) >= 11 is 0. The van der Waals surface area contributed by atoms with E-state index in [1.165, 1.54) is 0 Å². The molecule has 0 saturated carbocycles. The summed E-state index contributed by atoms with van der Waals surface area (Å²) in [4.78, 5) is 12.2. The third kappa shape index (κ3) is 5.33. The van der Waals surface area contributed by atoms with Gasteiger partial charge in [-0.05, 0) is 59.6 Å². The average Bonchev–Trinajstić information content (AvgIpc) is 3.14. The van der Waals surface area contributed by atoms with Gasteiger partial charge in [-0.1, -0.05) is 31.5 Å². The van der Waals surface area contributed by atoms with Crippen molar-refractivity contribution in [2.75, 3.05) is 18.5 Å². The van der Waals surface area contributed by atoms with Crippen molar-refractivity contribution < 1.29 is 18.9 Å². The van der Waals surface area contributed by atoms with E-state index in [9.17, 15) is 4.79 Å². The Kier molecular flexibility index (Phi) is 6.26. The zero-order chi connectivity index (χ0) is 19.9. The van der Waals surface area contributed by atoms with Gasteiger partial charge in [0, 0.05) is 5.56 Å². The first kappa shape index (κ1) is 19.4. The molecule has 7 heteroatoms. The smallest absolute Gasteiger partial charge is 0.263 e. The number of ether oxygens (including phenoxy) is 2. The zero-order valence-corrected chi connectivity index (χ0v) is 16.1. The van der Waals surface area contributed by atoms with Crippen molar-refractivity contribution in [1.29, 1.82) is 0 Å². The number of benzene rings is 2. The number of carbonyl (C=O) groups excluding carboxylic acids is 1. The van der Waals surface area contributed by atoms with Gasteiger partial charge in [-0.25, -0.2) is 4.63 Å². The second-order valence-corrected chi connectivity index (χ2v) is 6.84. The highest BCUT2D eigenvalue weighted by Crippen LogP contribution is 2.26. The lowest BCUT2D eigenvalue weighted by Crippen LogP contribution is -2.20. The van der Waals surface area contributed by atoms with Crippen LogP contribution in [0.1, 0.15) is 19.4 Å². The van der Waals surface area contributed by atoms with E-state index in [-0.39, 0.29) is 18.3 Å². The molecule has 0 radical (unpaired) electrons. The molecule has 0 aliphatic heterocycles. The highest BCUT2D eigenvalue weighted by atomic mass is 16.6. The van der Waals surface area contributed by atoms with Gasteiger partial charge in [0.2, 0.25) is 5.82 Å². The van der Waals surface area contributed by atoms with Gasteiger partial charge in [-0.15, -0.1) is 0 Å². The van der Waals surface area contributed by atoms with Crippen LogP contribution < -0.4 is 14.8 Å². The van der Waals surface area contributed by atoms with Crippen LogP contribution in [0.5, 0.6) is 11.5 Å². The zero-order valence-electron chi connectivity index (χ0n) is 16.1. The van der Waals surface area contributed by atoms with E-state index in [2.05, 4.69) is 29.5 Å².